The van der Waals surface area contributed by atoms with Crippen LogP contribution in [0.4, 0.5) is 0 Å². The number of aromatic hydroxyl groups is 1. The Balaban J connectivity index is 0.000000944. The summed E-state index contributed by atoms with van der Waals surface area (Å²) in [7, 11) is 7.55. The first-order valence-corrected chi connectivity index (χ1v) is 10.2. The summed E-state index contributed by atoms with van der Waals surface area (Å²) in [5, 5.41) is 18.3. The molecule has 32 heavy (non-hydrogen) atoms. The second kappa shape index (κ2) is 13.1. The second-order valence-corrected chi connectivity index (χ2v) is 6.49. The molecule has 2 aromatic carbocycles. The summed E-state index contributed by atoms with van der Waals surface area (Å²) in [6.45, 7) is 4.32. The van der Waals surface area contributed by atoms with Crippen LogP contribution in [0.25, 0.3) is 5.57 Å². The largest absolute Gasteiger partial charge is 0.504 e. The third-order valence-electron chi connectivity index (χ3n) is 4.26. The molecular formula is C24H34N2O6. The topological polar surface area (TPSA) is 116 Å². The summed E-state index contributed by atoms with van der Waals surface area (Å²) in [5.74, 6) is 2.06. The van der Waals surface area contributed by atoms with Gasteiger partial charge < -0.3 is 39.9 Å². The van der Waals surface area contributed by atoms with Crippen LogP contribution in [0, 0.1) is 5.41 Å². The number of phenolic OH excluding ortho intramolecular Hbond substituents is 1. The van der Waals surface area contributed by atoms with E-state index in [0.717, 1.165) is 0 Å². The van der Waals surface area contributed by atoms with Crippen molar-refractivity contribution in [2.75, 3.05) is 42.1 Å². The maximum atomic E-state index is 10.2. The number of phenols is 1. The molecule has 1 heterocycles. The first-order valence-electron chi connectivity index (χ1n) is 10.2. The maximum absolute atomic E-state index is 10.2. The van der Waals surface area contributed by atoms with Gasteiger partial charge in [-0.1, -0.05) is 26.3 Å². The highest BCUT2D eigenvalue weighted by molar-refractivity contribution is 6.05. The van der Waals surface area contributed by atoms with E-state index < -0.39 is 0 Å². The molecule has 0 radical (unpaired) electrons. The Kier molecular flexibility index (Phi) is 10.9. The molecule has 0 spiro atoms. The maximum Gasteiger partial charge on any atom is 0.207 e. The molecule has 176 valence electrons. The highest BCUT2D eigenvalue weighted by atomic mass is 16.5. The molecule has 2 aromatic rings. The number of rotatable bonds is 5. The number of ether oxygens (including phenoxy) is 5. The molecule has 3 rings (SSSR count). The lowest BCUT2D eigenvalue weighted by molar-refractivity contribution is 0.298. The van der Waals surface area contributed by atoms with Crippen LogP contribution in [0.3, 0.4) is 0 Å². The van der Waals surface area contributed by atoms with Crippen molar-refractivity contribution >= 4 is 11.3 Å². The van der Waals surface area contributed by atoms with Crippen LogP contribution in [0.1, 0.15) is 31.4 Å². The normalized spacial score (nSPS) is 11.8. The van der Waals surface area contributed by atoms with E-state index in [-0.39, 0.29) is 18.1 Å². The molecule has 0 aliphatic carbocycles. The Hall–Kier alpha value is -3.39. The van der Waals surface area contributed by atoms with E-state index in [2.05, 4.69) is 19.6 Å². The van der Waals surface area contributed by atoms with Crippen molar-refractivity contribution in [3.8, 4) is 34.5 Å². The van der Waals surface area contributed by atoms with E-state index in [1.165, 1.54) is 41.9 Å². The van der Waals surface area contributed by atoms with Crippen molar-refractivity contribution in [1.29, 1.82) is 5.41 Å². The van der Waals surface area contributed by atoms with Crippen molar-refractivity contribution < 1.29 is 28.8 Å². The predicted octanol–water partition coefficient (Wildman–Crippen LogP) is 4.26. The first kappa shape index (κ1) is 26.6. The summed E-state index contributed by atoms with van der Waals surface area (Å²) in [6.07, 6.45) is 2.94. The summed E-state index contributed by atoms with van der Waals surface area (Å²) in [6, 6.07) is 6.81. The molecule has 0 fully saturated rings. The van der Waals surface area contributed by atoms with E-state index >= 15 is 0 Å². The van der Waals surface area contributed by atoms with Crippen LogP contribution < -0.4 is 29.4 Å². The molecule has 8 nitrogen and oxygen atoms in total. The van der Waals surface area contributed by atoms with Gasteiger partial charge in [-0.05, 0) is 42.5 Å². The number of nitrogens with two attached hydrogens (primary N) is 1. The average molecular weight is 447 g/mol. The molecule has 0 aromatic heterocycles. The van der Waals surface area contributed by atoms with Crippen LogP contribution >= 0.6 is 0 Å². The van der Waals surface area contributed by atoms with E-state index in [9.17, 15) is 5.11 Å². The van der Waals surface area contributed by atoms with Gasteiger partial charge >= 0.3 is 0 Å². The van der Waals surface area contributed by atoms with Gasteiger partial charge in [0.25, 0.3) is 0 Å². The first-order chi connectivity index (χ1) is 15.4. The van der Waals surface area contributed by atoms with Crippen LogP contribution in [0.15, 0.2) is 30.3 Å². The van der Waals surface area contributed by atoms with Gasteiger partial charge in [0.05, 0.1) is 34.2 Å². The lowest BCUT2D eigenvalue weighted by Crippen LogP contribution is -2.07. The third kappa shape index (κ3) is 5.85. The lowest BCUT2D eigenvalue weighted by atomic mass is 9.95. The molecule has 4 N–H and O–H groups in total. The Bertz CT molecular complexity index is 941. The SMILES string of the molecule is CCC.CN.COc1ccc(C2=CC(=N)COc3c2cc(OC)c(OC)c3OC)cc1O. The third-order valence-corrected chi connectivity index (χ3v) is 4.26. The minimum absolute atomic E-state index is 0.00147. The van der Waals surface area contributed by atoms with Crippen LogP contribution in [-0.4, -0.2) is 52.9 Å². The lowest BCUT2D eigenvalue weighted by Gasteiger charge is -2.19. The predicted molar refractivity (Wildman–Crippen MR) is 127 cm³/mol. The molecule has 0 unspecified atom stereocenters. The summed E-state index contributed by atoms with van der Waals surface area (Å²) in [4.78, 5) is 0. The average Bonchev–Trinajstić information content (AvgIpc) is 2.98. The van der Waals surface area contributed by atoms with Gasteiger partial charge in [-0.15, -0.1) is 0 Å². The highest BCUT2D eigenvalue weighted by Crippen LogP contribution is 2.50. The van der Waals surface area contributed by atoms with Gasteiger partial charge in [-0.3, -0.25) is 0 Å². The standard InChI is InChI=1S/C20H21NO6.C3H8.CH5N/c1-23-16-6-5-11(7-15(16)22)13-8-12(21)10-27-18-14(13)9-17(24-2)19(25-3)20(18)26-4;1-3-2;1-2/h5-9,21-22H,10H2,1-4H3;3H2,1-2H3;2H2,1H3. The fourth-order valence-corrected chi connectivity index (χ4v) is 3.01. The minimum atomic E-state index is 0.00147. The molecule has 1 aliphatic heterocycles. The molecular weight excluding hydrogens is 412 g/mol. The summed E-state index contributed by atoms with van der Waals surface area (Å²) in [5.41, 5.74) is 6.82. The summed E-state index contributed by atoms with van der Waals surface area (Å²) < 4.78 is 27.3. The number of hydrogen-bond donors (Lipinski definition) is 3. The van der Waals surface area contributed by atoms with Crippen molar-refractivity contribution in [3.05, 3.63) is 41.5 Å². The fourth-order valence-electron chi connectivity index (χ4n) is 3.01. The van der Waals surface area contributed by atoms with Gasteiger partial charge in [0, 0.05) is 5.56 Å². The van der Waals surface area contributed by atoms with Crippen molar-refractivity contribution in [2.45, 2.75) is 20.3 Å². The second-order valence-electron chi connectivity index (χ2n) is 6.49. The Morgan fingerprint density at radius 1 is 0.938 bits per heavy atom. The number of benzene rings is 2. The zero-order chi connectivity index (χ0) is 24.3. The molecule has 8 heteroatoms. The Morgan fingerprint density at radius 3 is 2.03 bits per heavy atom. The highest BCUT2D eigenvalue weighted by Gasteiger charge is 2.27. The molecule has 0 amide bonds. The van der Waals surface area contributed by atoms with Crippen LogP contribution in [0.5, 0.6) is 34.5 Å². The minimum Gasteiger partial charge on any atom is -0.504 e. The zero-order valence-electron chi connectivity index (χ0n) is 19.9. The van der Waals surface area contributed by atoms with E-state index in [0.29, 0.717) is 45.4 Å². The number of fused-ring (bicyclic) bond motifs is 1. The van der Waals surface area contributed by atoms with E-state index in [1.807, 2.05) is 0 Å². The zero-order valence-corrected chi connectivity index (χ0v) is 19.9. The van der Waals surface area contributed by atoms with E-state index in [1.54, 1.807) is 30.3 Å². The van der Waals surface area contributed by atoms with Crippen LogP contribution in [0.2, 0.25) is 0 Å². The van der Waals surface area contributed by atoms with Gasteiger partial charge in [0.2, 0.25) is 11.5 Å². The van der Waals surface area contributed by atoms with E-state index in [4.69, 9.17) is 29.1 Å². The van der Waals surface area contributed by atoms with Gasteiger partial charge in [0.15, 0.2) is 23.0 Å². The smallest absolute Gasteiger partial charge is 0.207 e. The van der Waals surface area contributed by atoms with Gasteiger partial charge in [0.1, 0.15) is 6.61 Å². The molecule has 0 saturated carbocycles. The quantitative estimate of drug-likeness (QED) is 0.628. The fraction of sp³-hybridized carbons (Fsp3) is 0.375. The Labute approximate surface area is 190 Å². The molecule has 0 saturated heterocycles. The molecule has 0 atom stereocenters. The van der Waals surface area contributed by atoms with Gasteiger partial charge in [-0.2, -0.15) is 0 Å². The number of nitrogens with one attached hydrogen (secondary N) is 1. The summed E-state index contributed by atoms with van der Waals surface area (Å²) >= 11 is 0. The van der Waals surface area contributed by atoms with Crippen molar-refractivity contribution in [1.82, 2.24) is 0 Å². The molecule has 1 aliphatic rings. The Morgan fingerprint density at radius 2 is 1.53 bits per heavy atom. The number of hydrogen-bond acceptors (Lipinski definition) is 8. The van der Waals surface area contributed by atoms with Crippen LogP contribution in [-0.2, 0) is 0 Å². The monoisotopic (exact) mass is 446 g/mol. The molecule has 0 bridgehead atoms. The number of methoxy groups -OCH3 is 4. The van der Waals surface area contributed by atoms with Gasteiger partial charge in [-0.25, -0.2) is 0 Å². The van der Waals surface area contributed by atoms with Crippen molar-refractivity contribution in [2.24, 2.45) is 5.73 Å². The van der Waals surface area contributed by atoms with Crippen molar-refractivity contribution in [3.63, 3.8) is 0 Å².